The molecule has 1 atom stereocenters. The van der Waals surface area contributed by atoms with Crippen LogP contribution in [-0.2, 0) is 0 Å². The summed E-state index contributed by atoms with van der Waals surface area (Å²) in [5.41, 5.74) is 0.615. The van der Waals surface area contributed by atoms with E-state index in [-0.39, 0.29) is 11.9 Å². The second-order valence-electron chi connectivity index (χ2n) is 3.63. The van der Waals surface area contributed by atoms with Gasteiger partial charge in [0.05, 0.1) is 20.5 Å². The molecule has 1 aromatic carbocycles. The maximum atomic E-state index is 13.1. The first-order chi connectivity index (χ1) is 8.06. The van der Waals surface area contributed by atoms with Crippen molar-refractivity contribution in [2.45, 2.75) is 13.0 Å². The summed E-state index contributed by atoms with van der Waals surface area (Å²) in [6, 6.07) is 8.41. The summed E-state index contributed by atoms with van der Waals surface area (Å²) < 4.78 is 14.2. The topological polar surface area (TPSA) is 12.0 Å². The molecule has 1 heterocycles. The van der Waals surface area contributed by atoms with E-state index >= 15 is 0 Å². The van der Waals surface area contributed by atoms with Gasteiger partial charge in [0.2, 0.25) is 0 Å². The molecule has 1 nitrogen and oxygen atoms in total. The molecular weight excluding hydrogens is 325 g/mol. The Labute approximate surface area is 117 Å². The van der Waals surface area contributed by atoms with Crippen molar-refractivity contribution in [1.29, 1.82) is 0 Å². The minimum absolute atomic E-state index is 0.0885. The number of thiophene rings is 1. The maximum absolute atomic E-state index is 13.1. The smallest absolute Gasteiger partial charge is 0.125 e. The van der Waals surface area contributed by atoms with E-state index in [1.165, 1.54) is 12.1 Å². The Balaban J connectivity index is 2.18. The maximum Gasteiger partial charge on any atom is 0.125 e. The van der Waals surface area contributed by atoms with Crippen molar-refractivity contribution < 1.29 is 4.39 Å². The highest BCUT2D eigenvalue weighted by Gasteiger charge is 2.10. The van der Waals surface area contributed by atoms with Crippen molar-refractivity contribution in [2.24, 2.45) is 0 Å². The third-order valence-electron chi connectivity index (χ3n) is 2.32. The highest BCUT2D eigenvalue weighted by Crippen LogP contribution is 2.31. The van der Waals surface area contributed by atoms with Gasteiger partial charge in [0.1, 0.15) is 5.82 Å². The van der Waals surface area contributed by atoms with Gasteiger partial charge in [0.15, 0.2) is 0 Å². The van der Waals surface area contributed by atoms with Crippen LogP contribution in [0.15, 0.2) is 34.1 Å². The zero-order valence-electron chi connectivity index (χ0n) is 9.01. The molecule has 0 saturated heterocycles. The van der Waals surface area contributed by atoms with Crippen molar-refractivity contribution in [3.8, 4) is 0 Å². The van der Waals surface area contributed by atoms with E-state index < -0.39 is 0 Å². The van der Waals surface area contributed by atoms with Crippen LogP contribution in [0, 0.1) is 5.82 Å². The second-order valence-corrected chi connectivity index (χ2v) is 6.53. The van der Waals surface area contributed by atoms with Crippen molar-refractivity contribution in [3.63, 3.8) is 0 Å². The average molecular weight is 335 g/mol. The molecule has 5 heteroatoms. The molecule has 2 aromatic rings. The van der Waals surface area contributed by atoms with Crippen LogP contribution in [0.25, 0.3) is 0 Å². The van der Waals surface area contributed by atoms with Crippen molar-refractivity contribution >= 4 is 44.6 Å². The Morgan fingerprint density at radius 3 is 2.76 bits per heavy atom. The highest BCUT2D eigenvalue weighted by atomic mass is 79.9. The summed E-state index contributed by atoms with van der Waals surface area (Å²) in [6.07, 6.45) is 0. The van der Waals surface area contributed by atoms with E-state index in [9.17, 15) is 4.39 Å². The van der Waals surface area contributed by atoms with Crippen LogP contribution >= 0.6 is 38.9 Å². The molecule has 1 unspecified atom stereocenters. The van der Waals surface area contributed by atoms with Gasteiger partial charge in [-0.1, -0.05) is 11.6 Å². The van der Waals surface area contributed by atoms with Crippen LogP contribution in [0.2, 0.25) is 5.02 Å². The van der Waals surface area contributed by atoms with Gasteiger partial charge in [0.25, 0.3) is 0 Å². The summed E-state index contributed by atoms with van der Waals surface area (Å²) >= 11 is 11.1. The number of hydrogen-bond donors (Lipinski definition) is 1. The van der Waals surface area contributed by atoms with Crippen LogP contribution in [0.1, 0.15) is 17.8 Å². The number of benzene rings is 1. The SMILES string of the molecule is CC(Nc1cc(F)ccc1Cl)c1ccc(Br)s1. The first-order valence-electron chi connectivity index (χ1n) is 5.03. The monoisotopic (exact) mass is 333 g/mol. The van der Waals surface area contributed by atoms with Gasteiger partial charge in [-0.2, -0.15) is 0 Å². The third-order valence-corrected chi connectivity index (χ3v) is 4.46. The summed E-state index contributed by atoms with van der Waals surface area (Å²) in [4.78, 5) is 1.16. The van der Waals surface area contributed by atoms with E-state index in [0.29, 0.717) is 10.7 Å². The predicted octanol–water partition coefficient (Wildman–Crippen LogP) is 5.48. The lowest BCUT2D eigenvalue weighted by Gasteiger charge is -2.14. The number of hydrogen-bond acceptors (Lipinski definition) is 2. The van der Waals surface area contributed by atoms with Gasteiger partial charge < -0.3 is 5.32 Å². The standard InChI is InChI=1S/C12H10BrClFNS/c1-7(11-4-5-12(13)17-11)16-10-6-8(15)2-3-9(10)14/h2-7,16H,1H3. The Kier molecular flexibility index (Phi) is 4.07. The van der Waals surface area contributed by atoms with Crippen LogP contribution in [0.3, 0.4) is 0 Å². The molecule has 1 aromatic heterocycles. The Bertz CT molecular complexity index is 529. The molecule has 0 aliphatic carbocycles. The van der Waals surface area contributed by atoms with Crippen molar-refractivity contribution in [3.05, 3.63) is 49.8 Å². The molecule has 0 aliphatic heterocycles. The van der Waals surface area contributed by atoms with E-state index in [4.69, 9.17) is 11.6 Å². The minimum Gasteiger partial charge on any atom is -0.376 e. The summed E-state index contributed by atoms with van der Waals surface area (Å²) in [6.45, 7) is 2.01. The van der Waals surface area contributed by atoms with Crippen molar-refractivity contribution in [1.82, 2.24) is 0 Å². The molecule has 0 bridgehead atoms. The summed E-state index contributed by atoms with van der Waals surface area (Å²) in [5.74, 6) is -0.295. The first-order valence-corrected chi connectivity index (χ1v) is 7.02. The zero-order chi connectivity index (χ0) is 12.4. The predicted molar refractivity (Wildman–Crippen MR) is 75.5 cm³/mol. The molecule has 0 fully saturated rings. The average Bonchev–Trinajstić information content (AvgIpc) is 2.70. The van der Waals surface area contributed by atoms with Gasteiger partial charge in [-0.15, -0.1) is 11.3 Å². The van der Waals surface area contributed by atoms with Crippen LogP contribution in [0.4, 0.5) is 10.1 Å². The highest BCUT2D eigenvalue weighted by molar-refractivity contribution is 9.11. The van der Waals surface area contributed by atoms with Crippen LogP contribution in [-0.4, -0.2) is 0 Å². The van der Waals surface area contributed by atoms with Gasteiger partial charge in [-0.3, -0.25) is 0 Å². The molecule has 0 radical (unpaired) electrons. The van der Waals surface area contributed by atoms with E-state index in [0.717, 1.165) is 8.66 Å². The Morgan fingerprint density at radius 2 is 2.12 bits per heavy atom. The fourth-order valence-corrected chi connectivity index (χ4v) is 3.07. The van der Waals surface area contributed by atoms with Gasteiger partial charge in [-0.05, 0) is 53.2 Å². The normalized spacial score (nSPS) is 12.5. The summed E-state index contributed by atoms with van der Waals surface area (Å²) in [5, 5.41) is 3.72. The molecule has 0 saturated carbocycles. The molecule has 90 valence electrons. The fraction of sp³-hybridized carbons (Fsp3) is 0.167. The fourth-order valence-electron chi connectivity index (χ4n) is 1.47. The zero-order valence-corrected chi connectivity index (χ0v) is 12.2. The van der Waals surface area contributed by atoms with E-state index in [1.54, 1.807) is 17.4 Å². The molecule has 0 spiro atoms. The molecule has 17 heavy (non-hydrogen) atoms. The number of anilines is 1. The number of nitrogens with one attached hydrogen (secondary N) is 1. The lowest BCUT2D eigenvalue weighted by molar-refractivity contribution is 0.628. The van der Waals surface area contributed by atoms with E-state index in [1.807, 2.05) is 19.1 Å². The number of rotatable bonds is 3. The quantitative estimate of drug-likeness (QED) is 0.784. The van der Waals surface area contributed by atoms with Gasteiger partial charge >= 0.3 is 0 Å². The van der Waals surface area contributed by atoms with Gasteiger partial charge in [0, 0.05) is 4.88 Å². The van der Waals surface area contributed by atoms with Crippen LogP contribution < -0.4 is 5.32 Å². The molecule has 2 rings (SSSR count). The minimum atomic E-state index is -0.295. The number of halogens is 3. The summed E-state index contributed by atoms with van der Waals surface area (Å²) in [7, 11) is 0. The second kappa shape index (κ2) is 5.38. The molecule has 0 aliphatic rings. The lowest BCUT2D eigenvalue weighted by atomic mass is 10.2. The largest absolute Gasteiger partial charge is 0.376 e. The molecular formula is C12H10BrClFNS. The van der Waals surface area contributed by atoms with Crippen molar-refractivity contribution in [2.75, 3.05) is 5.32 Å². The van der Waals surface area contributed by atoms with Crippen LogP contribution in [0.5, 0.6) is 0 Å². The first kappa shape index (κ1) is 12.9. The molecule has 1 N–H and O–H groups in total. The Hall–Kier alpha value is -0.580. The third kappa shape index (κ3) is 3.21. The Morgan fingerprint density at radius 1 is 1.35 bits per heavy atom. The lowest BCUT2D eigenvalue weighted by Crippen LogP contribution is -2.05. The molecule has 0 amide bonds. The van der Waals surface area contributed by atoms with Gasteiger partial charge in [-0.25, -0.2) is 4.39 Å². The van der Waals surface area contributed by atoms with E-state index in [2.05, 4.69) is 21.2 Å².